The van der Waals surface area contributed by atoms with Crippen molar-refractivity contribution in [1.82, 2.24) is 9.88 Å². The normalized spacial score (nSPS) is 21.7. The molecule has 1 aliphatic carbocycles. The molecule has 0 unspecified atom stereocenters. The Labute approximate surface area is 134 Å². The topological polar surface area (TPSA) is 72.2 Å². The maximum absolute atomic E-state index is 13.3. The molecule has 1 aromatic carbocycles. The minimum atomic E-state index is -3.48. The highest BCUT2D eigenvalue weighted by molar-refractivity contribution is 7.88. The molecule has 2 aromatic rings. The number of nitrogens with zero attached hydrogens (tertiary/aromatic N) is 1. The molecule has 1 aliphatic rings. The van der Waals surface area contributed by atoms with Crippen LogP contribution in [-0.2, 0) is 15.8 Å². The van der Waals surface area contributed by atoms with Gasteiger partial charge < -0.3 is 4.52 Å². The average Bonchev–Trinajstić information content (AvgIpc) is 3.07. The summed E-state index contributed by atoms with van der Waals surface area (Å²) in [4.78, 5) is 0. The van der Waals surface area contributed by atoms with Crippen LogP contribution in [0.4, 0.5) is 4.39 Å². The van der Waals surface area contributed by atoms with Gasteiger partial charge in [-0.3, -0.25) is 0 Å². The molecule has 2 atom stereocenters. The second kappa shape index (κ2) is 6.41. The van der Waals surface area contributed by atoms with E-state index in [4.69, 9.17) is 4.52 Å². The van der Waals surface area contributed by atoms with Gasteiger partial charge in [0, 0.05) is 12.1 Å². The third-order valence-corrected chi connectivity index (χ3v) is 5.46. The molecule has 124 valence electrons. The zero-order chi connectivity index (χ0) is 16.4. The summed E-state index contributed by atoms with van der Waals surface area (Å²) in [6, 6.07) is 8.01. The highest BCUT2D eigenvalue weighted by atomic mass is 32.2. The summed E-state index contributed by atoms with van der Waals surface area (Å²) in [7, 11) is -3.48. The average molecular weight is 338 g/mol. The summed E-state index contributed by atoms with van der Waals surface area (Å²) in [5.74, 6) is 0.0439. The van der Waals surface area contributed by atoms with E-state index in [2.05, 4.69) is 9.88 Å². The van der Waals surface area contributed by atoms with Crippen molar-refractivity contribution < 1.29 is 17.3 Å². The van der Waals surface area contributed by atoms with Crippen LogP contribution in [0, 0.1) is 12.7 Å². The zero-order valence-electron chi connectivity index (χ0n) is 12.8. The number of nitrogens with one attached hydrogen (secondary N) is 1. The Hall–Kier alpha value is -1.73. The first-order valence-corrected chi connectivity index (χ1v) is 9.24. The van der Waals surface area contributed by atoms with Crippen LogP contribution >= 0.6 is 0 Å². The van der Waals surface area contributed by atoms with Gasteiger partial charge >= 0.3 is 0 Å². The quantitative estimate of drug-likeness (QED) is 0.910. The van der Waals surface area contributed by atoms with E-state index in [-0.39, 0.29) is 23.5 Å². The second-order valence-electron chi connectivity index (χ2n) is 6.07. The molecule has 3 rings (SSSR count). The molecule has 23 heavy (non-hydrogen) atoms. The summed E-state index contributed by atoms with van der Waals surface area (Å²) >= 11 is 0. The van der Waals surface area contributed by atoms with E-state index in [0.29, 0.717) is 17.9 Å². The van der Waals surface area contributed by atoms with Crippen LogP contribution in [0.15, 0.2) is 34.9 Å². The molecule has 0 spiro atoms. The Morgan fingerprint density at radius 2 is 2.17 bits per heavy atom. The van der Waals surface area contributed by atoms with Gasteiger partial charge in [0.2, 0.25) is 10.0 Å². The van der Waals surface area contributed by atoms with E-state index in [1.165, 1.54) is 12.1 Å². The van der Waals surface area contributed by atoms with Crippen molar-refractivity contribution in [2.75, 3.05) is 0 Å². The number of aromatic nitrogens is 1. The molecule has 1 fully saturated rings. The Bertz CT molecular complexity index is 788. The number of halogens is 1. The Morgan fingerprint density at radius 3 is 2.87 bits per heavy atom. The summed E-state index contributed by atoms with van der Waals surface area (Å²) < 4.78 is 45.4. The molecular weight excluding hydrogens is 319 g/mol. The predicted molar refractivity (Wildman–Crippen MR) is 83.8 cm³/mol. The van der Waals surface area contributed by atoms with Crippen molar-refractivity contribution in [3.8, 4) is 0 Å². The van der Waals surface area contributed by atoms with Gasteiger partial charge in [0.15, 0.2) is 5.76 Å². The fourth-order valence-corrected chi connectivity index (χ4v) is 4.43. The Kier molecular flexibility index (Phi) is 4.50. The molecule has 1 N–H and O–H groups in total. The standard InChI is InChI=1S/C16H19FN2O3S/c1-11-7-16(22-18-11)10-23(20,21)19-15-6-5-13(9-15)12-3-2-4-14(17)8-12/h2-4,7-8,13,15,19H,5-6,9-10H2,1H3/t13-,15+/m1/s1. The lowest BCUT2D eigenvalue weighted by atomic mass is 9.97. The number of aryl methyl sites for hydroxylation is 1. The van der Waals surface area contributed by atoms with Gasteiger partial charge in [0.25, 0.3) is 0 Å². The van der Waals surface area contributed by atoms with Gasteiger partial charge in [-0.15, -0.1) is 0 Å². The van der Waals surface area contributed by atoms with Gasteiger partial charge in [0.05, 0.1) is 5.69 Å². The van der Waals surface area contributed by atoms with Crippen LogP contribution in [0.1, 0.15) is 42.2 Å². The van der Waals surface area contributed by atoms with Crippen molar-refractivity contribution >= 4 is 10.0 Å². The van der Waals surface area contributed by atoms with Gasteiger partial charge in [-0.2, -0.15) is 0 Å². The van der Waals surface area contributed by atoms with Crippen LogP contribution in [-0.4, -0.2) is 19.6 Å². The first kappa shape index (κ1) is 16.1. The van der Waals surface area contributed by atoms with E-state index in [1.807, 2.05) is 6.07 Å². The van der Waals surface area contributed by atoms with Crippen molar-refractivity contribution in [2.45, 2.75) is 43.9 Å². The van der Waals surface area contributed by atoms with Gasteiger partial charge in [-0.25, -0.2) is 17.5 Å². The third kappa shape index (κ3) is 4.17. The lowest BCUT2D eigenvalue weighted by Gasteiger charge is -2.13. The lowest BCUT2D eigenvalue weighted by molar-refractivity contribution is 0.388. The molecule has 0 bridgehead atoms. The van der Waals surface area contributed by atoms with E-state index in [9.17, 15) is 12.8 Å². The fraction of sp³-hybridized carbons (Fsp3) is 0.438. The highest BCUT2D eigenvalue weighted by Crippen LogP contribution is 2.35. The van der Waals surface area contributed by atoms with Crippen LogP contribution in [0.5, 0.6) is 0 Å². The van der Waals surface area contributed by atoms with E-state index >= 15 is 0 Å². The van der Waals surface area contributed by atoms with E-state index < -0.39 is 10.0 Å². The molecule has 1 saturated carbocycles. The Morgan fingerprint density at radius 1 is 1.35 bits per heavy atom. The molecule has 0 aliphatic heterocycles. The number of hydrogen-bond acceptors (Lipinski definition) is 4. The molecule has 1 heterocycles. The second-order valence-corrected chi connectivity index (χ2v) is 7.83. The van der Waals surface area contributed by atoms with E-state index in [0.717, 1.165) is 18.4 Å². The van der Waals surface area contributed by atoms with Crippen LogP contribution in [0.3, 0.4) is 0 Å². The third-order valence-electron chi connectivity index (χ3n) is 4.11. The largest absolute Gasteiger partial charge is 0.360 e. The minimum absolute atomic E-state index is 0.128. The van der Waals surface area contributed by atoms with Gasteiger partial charge in [-0.1, -0.05) is 17.3 Å². The maximum atomic E-state index is 13.3. The first-order chi connectivity index (χ1) is 10.9. The predicted octanol–water partition coefficient (Wildman–Crippen LogP) is 2.88. The molecule has 7 heteroatoms. The van der Waals surface area contributed by atoms with Crippen molar-refractivity contribution in [3.63, 3.8) is 0 Å². The minimum Gasteiger partial charge on any atom is -0.360 e. The summed E-state index contributed by atoms with van der Waals surface area (Å²) in [5, 5.41) is 3.69. The zero-order valence-corrected chi connectivity index (χ0v) is 13.6. The lowest BCUT2D eigenvalue weighted by Crippen LogP contribution is -2.33. The van der Waals surface area contributed by atoms with Crippen molar-refractivity contribution in [1.29, 1.82) is 0 Å². The summed E-state index contributed by atoms with van der Waals surface area (Å²) in [5.41, 5.74) is 1.58. The molecule has 0 saturated heterocycles. The van der Waals surface area contributed by atoms with Crippen molar-refractivity contribution in [3.05, 3.63) is 53.2 Å². The van der Waals surface area contributed by atoms with Crippen LogP contribution < -0.4 is 4.72 Å². The SMILES string of the molecule is Cc1cc(CS(=O)(=O)N[C@H]2CC[C@@H](c3cccc(F)c3)C2)on1. The fourth-order valence-electron chi connectivity index (χ4n) is 3.12. The maximum Gasteiger partial charge on any atom is 0.219 e. The smallest absolute Gasteiger partial charge is 0.219 e. The molecule has 0 radical (unpaired) electrons. The van der Waals surface area contributed by atoms with Gasteiger partial charge in [0.1, 0.15) is 11.6 Å². The molecular formula is C16H19FN2O3S. The molecule has 5 nitrogen and oxygen atoms in total. The number of benzene rings is 1. The van der Waals surface area contributed by atoms with E-state index in [1.54, 1.807) is 19.1 Å². The van der Waals surface area contributed by atoms with Crippen molar-refractivity contribution in [2.24, 2.45) is 0 Å². The first-order valence-electron chi connectivity index (χ1n) is 7.59. The van der Waals surface area contributed by atoms with Crippen LogP contribution in [0.25, 0.3) is 0 Å². The monoisotopic (exact) mass is 338 g/mol. The molecule has 1 aromatic heterocycles. The number of sulfonamides is 1. The van der Waals surface area contributed by atoms with Gasteiger partial charge in [-0.05, 0) is 49.8 Å². The molecule has 0 amide bonds. The highest BCUT2D eigenvalue weighted by Gasteiger charge is 2.29. The summed E-state index contributed by atoms with van der Waals surface area (Å²) in [6.45, 7) is 1.74. The number of rotatable bonds is 5. The Balaban J connectivity index is 1.61. The summed E-state index contributed by atoms with van der Waals surface area (Å²) in [6.07, 6.45) is 2.27. The van der Waals surface area contributed by atoms with Crippen LogP contribution in [0.2, 0.25) is 0 Å². The number of hydrogen-bond donors (Lipinski definition) is 1.